The first-order chi connectivity index (χ1) is 8.65. The SMILES string of the molecule is Cc1ccc(NC(=O)CN2CCCOC2=O)cc1. The molecule has 1 fully saturated rings. The number of rotatable bonds is 3. The summed E-state index contributed by atoms with van der Waals surface area (Å²) in [5.41, 5.74) is 1.86. The van der Waals surface area contributed by atoms with Crippen LogP contribution in [0, 0.1) is 6.92 Å². The van der Waals surface area contributed by atoms with E-state index in [-0.39, 0.29) is 12.5 Å². The van der Waals surface area contributed by atoms with Crippen LogP contribution in [-0.2, 0) is 9.53 Å². The van der Waals surface area contributed by atoms with E-state index in [1.165, 1.54) is 4.90 Å². The van der Waals surface area contributed by atoms with Crippen molar-refractivity contribution < 1.29 is 14.3 Å². The lowest BCUT2D eigenvalue weighted by atomic mass is 10.2. The number of nitrogens with zero attached hydrogens (tertiary/aromatic N) is 1. The molecular formula is C13H16N2O3. The first kappa shape index (κ1) is 12.4. The molecule has 1 N–H and O–H groups in total. The molecule has 0 unspecified atom stereocenters. The molecule has 0 bridgehead atoms. The lowest BCUT2D eigenvalue weighted by Crippen LogP contribution is -2.42. The van der Waals surface area contributed by atoms with Crippen molar-refractivity contribution >= 4 is 17.7 Å². The van der Waals surface area contributed by atoms with Gasteiger partial charge >= 0.3 is 6.09 Å². The normalized spacial score (nSPS) is 15.2. The van der Waals surface area contributed by atoms with Gasteiger partial charge in [0.25, 0.3) is 0 Å². The summed E-state index contributed by atoms with van der Waals surface area (Å²) < 4.78 is 4.86. The molecule has 0 radical (unpaired) electrons. The maximum absolute atomic E-state index is 11.8. The zero-order valence-corrected chi connectivity index (χ0v) is 10.3. The molecule has 2 rings (SSSR count). The van der Waals surface area contributed by atoms with Crippen molar-refractivity contribution in [1.82, 2.24) is 4.90 Å². The van der Waals surface area contributed by atoms with Crippen LogP contribution in [0.4, 0.5) is 10.5 Å². The van der Waals surface area contributed by atoms with Gasteiger partial charge in [-0.05, 0) is 25.5 Å². The van der Waals surface area contributed by atoms with E-state index in [0.717, 1.165) is 17.7 Å². The average molecular weight is 248 g/mol. The number of nitrogens with one attached hydrogen (secondary N) is 1. The van der Waals surface area contributed by atoms with E-state index in [2.05, 4.69) is 5.32 Å². The zero-order chi connectivity index (χ0) is 13.0. The van der Waals surface area contributed by atoms with Gasteiger partial charge in [-0.1, -0.05) is 17.7 Å². The van der Waals surface area contributed by atoms with Gasteiger partial charge < -0.3 is 10.1 Å². The fourth-order valence-corrected chi connectivity index (χ4v) is 1.75. The van der Waals surface area contributed by atoms with Crippen LogP contribution in [0.5, 0.6) is 0 Å². The first-order valence-electron chi connectivity index (χ1n) is 5.93. The molecule has 0 spiro atoms. The molecule has 1 aliphatic heterocycles. The van der Waals surface area contributed by atoms with Gasteiger partial charge in [-0.2, -0.15) is 0 Å². The van der Waals surface area contributed by atoms with Crippen molar-refractivity contribution in [2.75, 3.05) is 25.0 Å². The molecule has 1 saturated heterocycles. The van der Waals surface area contributed by atoms with Crippen LogP contribution in [0.15, 0.2) is 24.3 Å². The predicted molar refractivity (Wildman–Crippen MR) is 67.3 cm³/mol. The second kappa shape index (κ2) is 5.53. The third kappa shape index (κ3) is 3.23. The van der Waals surface area contributed by atoms with E-state index in [1.807, 2.05) is 31.2 Å². The minimum atomic E-state index is -0.416. The van der Waals surface area contributed by atoms with Crippen LogP contribution < -0.4 is 5.32 Å². The van der Waals surface area contributed by atoms with Crippen molar-refractivity contribution in [3.05, 3.63) is 29.8 Å². The van der Waals surface area contributed by atoms with E-state index < -0.39 is 6.09 Å². The van der Waals surface area contributed by atoms with E-state index in [9.17, 15) is 9.59 Å². The number of aryl methyl sites for hydroxylation is 1. The van der Waals surface area contributed by atoms with Crippen molar-refractivity contribution in [2.45, 2.75) is 13.3 Å². The summed E-state index contributed by atoms with van der Waals surface area (Å²) in [4.78, 5) is 24.5. The Morgan fingerprint density at radius 2 is 2.11 bits per heavy atom. The molecule has 1 aromatic rings. The summed E-state index contributed by atoms with van der Waals surface area (Å²) in [5.74, 6) is -0.210. The number of anilines is 1. The molecule has 5 heteroatoms. The van der Waals surface area contributed by atoms with Gasteiger partial charge in [0.05, 0.1) is 6.61 Å². The smallest absolute Gasteiger partial charge is 0.410 e. The highest BCUT2D eigenvalue weighted by atomic mass is 16.6. The molecule has 2 amide bonds. The van der Waals surface area contributed by atoms with E-state index in [4.69, 9.17) is 4.74 Å². The third-order valence-electron chi connectivity index (χ3n) is 2.73. The highest BCUT2D eigenvalue weighted by molar-refractivity contribution is 5.93. The molecule has 0 atom stereocenters. The molecule has 0 aliphatic carbocycles. The van der Waals surface area contributed by atoms with Crippen LogP contribution >= 0.6 is 0 Å². The van der Waals surface area contributed by atoms with Crippen LogP contribution in [0.2, 0.25) is 0 Å². The lowest BCUT2D eigenvalue weighted by molar-refractivity contribution is -0.117. The minimum absolute atomic E-state index is 0.0344. The Morgan fingerprint density at radius 1 is 1.39 bits per heavy atom. The quantitative estimate of drug-likeness (QED) is 0.887. The van der Waals surface area contributed by atoms with Gasteiger partial charge in [0.1, 0.15) is 6.54 Å². The molecular weight excluding hydrogens is 232 g/mol. The Hall–Kier alpha value is -2.04. The van der Waals surface area contributed by atoms with Gasteiger partial charge in [0.15, 0.2) is 0 Å². The molecule has 96 valence electrons. The maximum atomic E-state index is 11.8. The highest BCUT2D eigenvalue weighted by Crippen LogP contribution is 2.09. The number of ether oxygens (including phenoxy) is 1. The average Bonchev–Trinajstić information content (AvgIpc) is 2.35. The Morgan fingerprint density at radius 3 is 2.78 bits per heavy atom. The summed E-state index contributed by atoms with van der Waals surface area (Å²) in [7, 11) is 0. The Balaban J connectivity index is 1.88. The largest absolute Gasteiger partial charge is 0.449 e. The van der Waals surface area contributed by atoms with Crippen molar-refractivity contribution in [3.8, 4) is 0 Å². The molecule has 1 aliphatic rings. The van der Waals surface area contributed by atoms with Gasteiger partial charge in [-0.25, -0.2) is 4.79 Å². The lowest BCUT2D eigenvalue weighted by Gasteiger charge is -2.25. The summed E-state index contributed by atoms with van der Waals surface area (Å²) in [6.07, 6.45) is 0.351. The maximum Gasteiger partial charge on any atom is 0.410 e. The van der Waals surface area contributed by atoms with Gasteiger partial charge in [-0.15, -0.1) is 0 Å². The molecule has 5 nitrogen and oxygen atoms in total. The Bertz CT molecular complexity index is 442. The number of carbonyl (C=O) groups excluding carboxylic acids is 2. The standard InChI is InChI=1S/C13H16N2O3/c1-10-3-5-11(6-4-10)14-12(16)9-15-7-2-8-18-13(15)17/h3-6H,2,7-9H2,1H3,(H,14,16). The van der Waals surface area contributed by atoms with Crippen LogP contribution in [0.25, 0.3) is 0 Å². The Labute approximate surface area is 106 Å². The summed E-state index contributed by atoms with van der Waals surface area (Å²) in [6, 6.07) is 7.51. The predicted octanol–water partition coefficient (Wildman–Crippen LogP) is 1.78. The van der Waals surface area contributed by atoms with Gasteiger partial charge in [0.2, 0.25) is 5.91 Å². The molecule has 18 heavy (non-hydrogen) atoms. The molecule has 1 aromatic carbocycles. The first-order valence-corrected chi connectivity index (χ1v) is 5.93. The summed E-state index contributed by atoms with van der Waals surface area (Å²) in [5, 5.41) is 2.75. The van der Waals surface area contributed by atoms with Crippen LogP contribution in [0.1, 0.15) is 12.0 Å². The topological polar surface area (TPSA) is 58.6 Å². The number of benzene rings is 1. The highest BCUT2D eigenvalue weighted by Gasteiger charge is 2.21. The Kier molecular flexibility index (Phi) is 3.82. The van der Waals surface area contributed by atoms with Crippen molar-refractivity contribution in [2.24, 2.45) is 0 Å². The number of cyclic esters (lactones) is 1. The minimum Gasteiger partial charge on any atom is -0.449 e. The second-order valence-electron chi connectivity index (χ2n) is 4.30. The molecule has 0 saturated carbocycles. The number of hydrogen-bond acceptors (Lipinski definition) is 3. The molecule has 0 aromatic heterocycles. The molecule has 1 heterocycles. The number of carbonyl (C=O) groups is 2. The number of amides is 2. The fraction of sp³-hybridized carbons (Fsp3) is 0.385. The summed E-state index contributed by atoms with van der Waals surface area (Å²) in [6.45, 7) is 3.02. The zero-order valence-electron chi connectivity index (χ0n) is 10.3. The van der Waals surface area contributed by atoms with Crippen LogP contribution in [-0.4, -0.2) is 36.6 Å². The van der Waals surface area contributed by atoms with E-state index in [1.54, 1.807) is 0 Å². The second-order valence-corrected chi connectivity index (χ2v) is 4.30. The van der Waals surface area contributed by atoms with Crippen molar-refractivity contribution in [1.29, 1.82) is 0 Å². The third-order valence-corrected chi connectivity index (χ3v) is 2.73. The monoisotopic (exact) mass is 248 g/mol. The number of hydrogen-bond donors (Lipinski definition) is 1. The van der Waals surface area contributed by atoms with E-state index >= 15 is 0 Å². The van der Waals surface area contributed by atoms with Gasteiger partial charge in [0, 0.05) is 12.2 Å². The van der Waals surface area contributed by atoms with Crippen LogP contribution in [0.3, 0.4) is 0 Å². The summed E-state index contributed by atoms with van der Waals surface area (Å²) >= 11 is 0. The van der Waals surface area contributed by atoms with Crippen molar-refractivity contribution in [3.63, 3.8) is 0 Å². The van der Waals surface area contributed by atoms with E-state index in [0.29, 0.717) is 13.2 Å². The fourth-order valence-electron chi connectivity index (χ4n) is 1.75. The van der Waals surface area contributed by atoms with Gasteiger partial charge in [-0.3, -0.25) is 9.69 Å².